The Morgan fingerprint density at radius 1 is 1.15 bits per heavy atom. The Morgan fingerprint density at radius 2 is 1.94 bits per heavy atom. The molecule has 2 aromatic heterocycles. The summed E-state index contributed by atoms with van der Waals surface area (Å²) in [7, 11) is -3.53. The van der Waals surface area contributed by atoms with E-state index in [4.69, 9.17) is 4.74 Å². The van der Waals surface area contributed by atoms with Gasteiger partial charge in [0.1, 0.15) is 4.21 Å². The van der Waals surface area contributed by atoms with Crippen LogP contribution in [0.15, 0.2) is 50.5 Å². The van der Waals surface area contributed by atoms with Crippen molar-refractivity contribution in [2.45, 2.75) is 29.9 Å². The summed E-state index contributed by atoms with van der Waals surface area (Å²) in [6.07, 6.45) is 2.66. The van der Waals surface area contributed by atoms with E-state index in [2.05, 4.69) is 26.2 Å². The van der Waals surface area contributed by atoms with Gasteiger partial charge in [-0.25, -0.2) is 13.4 Å². The van der Waals surface area contributed by atoms with Gasteiger partial charge in [-0.1, -0.05) is 34.5 Å². The van der Waals surface area contributed by atoms with Crippen LogP contribution >= 0.6 is 38.6 Å². The predicted octanol–water partition coefficient (Wildman–Crippen LogP) is 4.53. The molecule has 12 heteroatoms. The number of nitrogens with one attached hydrogen (secondary N) is 1. The van der Waals surface area contributed by atoms with Crippen molar-refractivity contribution in [3.05, 3.63) is 51.1 Å². The highest BCUT2D eigenvalue weighted by molar-refractivity contribution is 9.10. The van der Waals surface area contributed by atoms with Crippen LogP contribution in [0.1, 0.15) is 24.1 Å². The first kappa shape index (κ1) is 25.0. The zero-order valence-electron chi connectivity index (χ0n) is 18.0. The van der Waals surface area contributed by atoms with Crippen molar-refractivity contribution >= 4 is 65.6 Å². The third-order valence-electron chi connectivity index (χ3n) is 5.10. The first-order valence-corrected chi connectivity index (χ1v) is 14.5. The summed E-state index contributed by atoms with van der Waals surface area (Å²) >= 11 is 5.75. The molecule has 1 amide bonds. The molecule has 1 saturated heterocycles. The van der Waals surface area contributed by atoms with Crippen molar-refractivity contribution in [2.24, 2.45) is 0 Å². The average molecular weight is 585 g/mol. The fraction of sp³-hybridized carbons (Fsp3) is 0.318. The van der Waals surface area contributed by atoms with Crippen molar-refractivity contribution in [1.29, 1.82) is 0 Å². The monoisotopic (exact) mass is 583 g/mol. The number of benzene rings is 1. The lowest BCUT2D eigenvalue weighted by Gasteiger charge is -2.25. The van der Waals surface area contributed by atoms with E-state index in [9.17, 15) is 18.0 Å². The molecule has 3 aromatic rings. The number of amides is 1. The van der Waals surface area contributed by atoms with Gasteiger partial charge in [0, 0.05) is 33.4 Å². The maximum Gasteiger partial charge on any atom is 0.311 e. The third-order valence-corrected chi connectivity index (χ3v) is 9.80. The topological polar surface area (TPSA) is 106 Å². The molecule has 0 atom stereocenters. The van der Waals surface area contributed by atoms with E-state index >= 15 is 0 Å². The van der Waals surface area contributed by atoms with Gasteiger partial charge < -0.3 is 4.74 Å². The van der Waals surface area contributed by atoms with Crippen molar-refractivity contribution in [3.8, 4) is 11.3 Å². The fourth-order valence-electron chi connectivity index (χ4n) is 3.43. The molecule has 1 aliphatic rings. The van der Waals surface area contributed by atoms with E-state index in [0.29, 0.717) is 23.1 Å². The van der Waals surface area contributed by atoms with Crippen LogP contribution in [0, 0.1) is 0 Å². The number of sulfonamides is 1. The number of hydrogen-bond donors (Lipinski definition) is 1. The molecule has 4 rings (SSSR count). The average Bonchev–Trinajstić information content (AvgIpc) is 3.49. The number of carbonyl (C=O) groups excluding carboxylic acids is 2. The number of rotatable bonds is 8. The van der Waals surface area contributed by atoms with Crippen LogP contribution in [0.25, 0.3) is 11.3 Å². The molecule has 1 aliphatic heterocycles. The fourth-order valence-corrected chi connectivity index (χ4v) is 7.58. The van der Waals surface area contributed by atoms with Gasteiger partial charge in [-0.3, -0.25) is 14.9 Å². The first-order chi connectivity index (χ1) is 16.3. The summed E-state index contributed by atoms with van der Waals surface area (Å²) in [4.78, 5) is 29.3. The SMILES string of the molecule is O=C(COC(=O)Cc1ccc(S(=O)(=O)N2CCCCC2)s1)Nc1nc(-c2cccc(Br)c2)cs1. The molecule has 180 valence electrons. The number of aromatic nitrogens is 1. The van der Waals surface area contributed by atoms with Crippen LogP contribution in [-0.4, -0.2) is 49.3 Å². The number of hydrogen-bond acceptors (Lipinski definition) is 8. The number of halogens is 1. The van der Waals surface area contributed by atoms with Crippen LogP contribution in [0.2, 0.25) is 0 Å². The van der Waals surface area contributed by atoms with Crippen molar-refractivity contribution < 1.29 is 22.7 Å². The summed E-state index contributed by atoms with van der Waals surface area (Å²) in [5, 5.41) is 4.86. The largest absolute Gasteiger partial charge is 0.455 e. The summed E-state index contributed by atoms with van der Waals surface area (Å²) in [5.74, 6) is -1.10. The molecule has 0 aliphatic carbocycles. The lowest BCUT2D eigenvalue weighted by molar-refractivity contribution is -0.146. The Balaban J connectivity index is 1.26. The third kappa shape index (κ3) is 6.30. The minimum absolute atomic E-state index is 0.0995. The lowest BCUT2D eigenvalue weighted by atomic mass is 10.2. The van der Waals surface area contributed by atoms with Crippen LogP contribution in [0.5, 0.6) is 0 Å². The maximum absolute atomic E-state index is 12.7. The molecular formula is C22H22BrN3O5S3. The highest BCUT2D eigenvalue weighted by atomic mass is 79.9. The van der Waals surface area contributed by atoms with Crippen LogP contribution < -0.4 is 5.32 Å². The van der Waals surface area contributed by atoms with Crippen LogP contribution in [0.4, 0.5) is 5.13 Å². The zero-order chi connectivity index (χ0) is 24.1. The Labute approximate surface area is 214 Å². The van der Waals surface area contributed by atoms with E-state index < -0.39 is 28.5 Å². The highest BCUT2D eigenvalue weighted by Crippen LogP contribution is 2.28. The smallest absolute Gasteiger partial charge is 0.311 e. The van der Waals surface area contributed by atoms with E-state index in [1.165, 1.54) is 21.7 Å². The number of carbonyl (C=O) groups is 2. The molecule has 0 radical (unpaired) electrons. The summed E-state index contributed by atoms with van der Waals surface area (Å²) in [6.45, 7) is 0.599. The van der Waals surface area contributed by atoms with Gasteiger partial charge >= 0.3 is 5.97 Å². The van der Waals surface area contributed by atoms with Crippen molar-refractivity contribution in [1.82, 2.24) is 9.29 Å². The standard InChI is InChI=1S/C22H22BrN3O5S3/c23-16-6-4-5-15(11-16)18-14-32-22(24-18)25-19(27)13-31-20(28)12-17-7-8-21(33-17)34(29,30)26-9-2-1-3-10-26/h4-8,11,14H,1-3,9-10,12-13H2,(H,24,25,27). The van der Waals surface area contributed by atoms with Gasteiger partial charge in [-0.2, -0.15) is 4.31 Å². The molecule has 1 N–H and O–H groups in total. The maximum atomic E-state index is 12.7. The summed E-state index contributed by atoms with van der Waals surface area (Å²) < 4.78 is 33.2. The molecule has 8 nitrogen and oxygen atoms in total. The minimum atomic E-state index is -3.53. The molecule has 34 heavy (non-hydrogen) atoms. The van der Waals surface area contributed by atoms with Crippen LogP contribution in [-0.2, 0) is 30.8 Å². The zero-order valence-corrected chi connectivity index (χ0v) is 22.1. The second kappa shape index (κ2) is 11.1. The molecule has 0 unspecified atom stereocenters. The Kier molecular flexibility index (Phi) is 8.14. The second-order valence-electron chi connectivity index (χ2n) is 7.62. The molecule has 1 aromatic carbocycles. The summed E-state index contributed by atoms with van der Waals surface area (Å²) in [5.41, 5.74) is 1.64. The molecule has 3 heterocycles. The quantitative estimate of drug-likeness (QED) is 0.390. The summed E-state index contributed by atoms with van der Waals surface area (Å²) in [6, 6.07) is 10.8. The Bertz CT molecular complexity index is 1280. The van der Waals surface area contributed by atoms with Gasteiger partial charge in [-0.15, -0.1) is 22.7 Å². The van der Waals surface area contributed by atoms with Crippen molar-refractivity contribution in [3.63, 3.8) is 0 Å². The Morgan fingerprint density at radius 3 is 2.71 bits per heavy atom. The van der Waals surface area contributed by atoms with E-state index in [0.717, 1.165) is 46.3 Å². The molecule has 0 bridgehead atoms. The number of anilines is 1. The number of thiazole rings is 1. The molecule has 1 fully saturated rings. The van der Waals surface area contributed by atoms with E-state index in [1.807, 2.05) is 29.6 Å². The normalized spacial score (nSPS) is 14.6. The van der Waals surface area contributed by atoms with Gasteiger partial charge in [-0.05, 0) is 37.1 Å². The first-order valence-electron chi connectivity index (χ1n) is 10.6. The van der Waals surface area contributed by atoms with Crippen molar-refractivity contribution in [2.75, 3.05) is 25.0 Å². The number of piperidine rings is 1. The van der Waals surface area contributed by atoms with Gasteiger partial charge in [0.05, 0.1) is 12.1 Å². The van der Waals surface area contributed by atoms with Crippen LogP contribution in [0.3, 0.4) is 0 Å². The van der Waals surface area contributed by atoms with E-state index in [1.54, 1.807) is 6.07 Å². The van der Waals surface area contributed by atoms with Gasteiger partial charge in [0.25, 0.3) is 15.9 Å². The minimum Gasteiger partial charge on any atom is -0.455 e. The molecule has 0 spiro atoms. The highest BCUT2D eigenvalue weighted by Gasteiger charge is 2.27. The molecule has 0 saturated carbocycles. The number of ether oxygens (including phenoxy) is 1. The number of thiophene rings is 1. The molecular weight excluding hydrogens is 562 g/mol. The second-order valence-corrected chi connectivity index (χ2v) is 12.7. The van der Waals surface area contributed by atoms with Gasteiger partial charge in [0.15, 0.2) is 11.7 Å². The van der Waals surface area contributed by atoms with E-state index in [-0.39, 0.29) is 10.6 Å². The van der Waals surface area contributed by atoms with Gasteiger partial charge in [0.2, 0.25) is 0 Å². The lowest BCUT2D eigenvalue weighted by Crippen LogP contribution is -2.35. The number of esters is 1. The predicted molar refractivity (Wildman–Crippen MR) is 135 cm³/mol. The Hall–Kier alpha value is -2.12. The number of nitrogens with zero attached hydrogens (tertiary/aromatic N) is 2.